The summed E-state index contributed by atoms with van der Waals surface area (Å²) in [4.78, 5) is 15.4. The Kier molecular flexibility index (Phi) is 4.16. The molecule has 4 nitrogen and oxygen atoms in total. The van der Waals surface area contributed by atoms with E-state index >= 15 is 0 Å². The molecule has 0 unspecified atom stereocenters. The zero-order valence-electron chi connectivity index (χ0n) is 11.2. The predicted octanol–water partition coefficient (Wildman–Crippen LogP) is 3.30. The van der Waals surface area contributed by atoms with Crippen molar-refractivity contribution < 1.29 is 9.53 Å². The van der Waals surface area contributed by atoms with E-state index in [0.717, 1.165) is 27.7 Å². The number of nitrogens with zero attached hydrogens (tertiary/aromatic N) is 1. The van der Waals surface area contributed by atoms with E-state index in [4.69, 9.17) is 4.74 Å². The van der Waals surface area contributed by atoms with Crippen molar-refractivity contribution in [3.8, 4) is 5.75 Å². The first-order chi connectivity index (χ1) is 9.04. The second-order valence-electron chi connectivity index (χ2n) is 4.33. The first kappa shape index (κ1) is 13.5. The fourth-order valence-electron chi connectivity index (χ4n) is 1.67. The number of amides is 1. The molecule has 0 fully saturated rings. The summed E-state index contributed by atoms with van der Waals surface area (Å²) < 4.78 is 5.68. The number of hydrogen-bond donors (Lipinski definition) is 1. The lowest BCUT2D eigenvalue weighted by Gasteiger charge is -2.09. The molecule has 0 aliphatic rings. The van der Waals surface area contributed by atoms with Crippen molar-refractivity contribution in [2.24, 2.45) is 0 Å². The summed E-state index contributed by atoms with van der Waals surface area (Å²) in [6.45, 7) is 5.87. The van der Waals surface area contributed by atoms with Crippen LogP contribution in [-0.4, -0.2) is 10.9 Å². The molecule has 0 aliphatic carbocycles. The average Bonchev–Trinajstić information content (AvgIpc) is 2.75. The van der Waals surface area contributed by atoms with Crippen LogP contribution in [0.3, 0.4) is 0 Å². The summed E-state index contributed by atoms with van der Waals surface area (Å²) in [5, 5.41) is 5.74. The number of carbonyl (C=O) groups is 1. The highest BCUT2D eigenvalue weighted by atomic mass is 32.1. The van der Waals surface area contributed by atoms with Gasteiger partial charge in [0.05, 0.1) is 0 Å². The number of thiazole rings is 1. The summed E-state index contributed by atoms with van der Waals surface area (Å²) >= 11 is 1.59. The number of benzene rings is 1. The van der Waals surface area contributed by atoms with Crippen molar-refractivity contribution in [3.63, 3.8) is 0 Å². The van der Waals surface area contributed by atoms with E-state index in [-0.39, 0.29) is 5.91 Å². The van der Waals surface area contributed by atoms with E-state index in [2.05, 4.69) is 10.3 Å². The molecule has 0 saturated heterocycles. The molecule has 5 heteroatoms. The standard InChI is InChI=1S/C14H16N2O2S/c1-9-6-12(4-5-13(9)16-11(3)17)18-7-14-15-10(2)8-19-14/h4-6,8H,7H2,1-3H3,(H,16,17). The Morgan fingerprint density at radius 2 is 2.21 bits per heavy atom. The number of ether oxygens (including phenoxy) is 1. The molecule has 1 N–H and O–H groups in total. The lowest BCUT2D eigenvalue weighted by molar-refractivity contribution is -0.114. The first-order valence-corrected chi connectivity index (χ1v) is 6.84. The number of aromatic nitrogens is 1. The van der Waals surface area contributed by atoms with Crippen LogP contribution in [0.1, 0.15) is 23.2 Å². The van der Waals surface area contributed by atoms with Crippen LogP contribution < -0.4 is 10.1 Å². The lowest BCUT2D eigenvalue weighted by atomic mass is 10.2. The normalized spacial score (nSPS) is 10.3. The molecule has 1 aromatic carbocycles. The predicted molar refractivity (Wildman–Crippen MR) is 76.7 cm³/mol. The number of carbonyl (C=O) groups excluding carboxylic acids is 1. The Hall–Kier alpha value is -1.88. The highest BCUT2D eigenvalue weighted by molar-refractivity contribution is 7.09. The SMILES string of the molecule is CC(=O)Nc1ccc(OCc2nc(C)cs2)cc1C. The molecule has 0 aliphatic heterocycles. The van der Waals surface area contributed by atoms with Gasteiger partial charge in [0, 0.05) is 23.7 Å². The zero-order valence-corrected chi connectivity index (χ0v) is 12.0. The Balaban J connectivity index is 2.01. The summed E-state index contributed by atoms with van der Waals surface area (Å²) in [7, 11) is 0. The summed E-state index contributed by atoms with van der Waals surface area (Å²) in [5.74, 6) is 0.703. The van der Waals surface area contributed by atoms with Gasteiger partial charge in [0.25, 0.3) is 0 Å². The van der Waals surface area contributed by atoms with Crippen LogP contribution in [0.2, 0.25) is 0 Å². The molecule has 0 atom stereocenters. The topological polar surface area (TPSA) is 51.2 Å². The van der Waals surface area contributed by atoms with Gasteiger partial charge >= 0.3 is 0 Å². The molecule has 1 heterocycles. The van der Waals surface area contributed by atoms with Crippen LogP contribution in [0, 0.1) is 13.8 Å². The molecule has 0 spiro atoms. The monoisotopic (exact) mass is 276 g/mol. The molecule has 1 aromatic heterocycles. The number of hydrogen-bond acceptors (Lipinski definition) is 4. The molecular formula is C14H16N2O2S. The van der Waals surface area contributed by atoms with Crippen LogP contribution >= 0.6 is 11.3 Å². The van der Waals surface area contributed by atoms with Crippen molar-refractivity contribution in [1.29, 1.82) is 0 Å². The van der Waals surface area contributed by atoms with Crippen molar-refractivity contribution in [2.75, 3.05) is 5.32 Å². The van der Waals surface area contributed by atoms with Crippen LogP contribution in [0.5, 0.6) is 5.75 Å². The van der Waals surface area contributed by atoms with Gasteiger partial charge in [0.1, 0.15) is 17.4 Å². The van der Waals surface area contributed by atoms with Crippen LogP contribution in [0.4, 0.5) is 5.69 Å². The third-order valence-corrected chi connectivity index (χ3v) is 3.48. The van der Waals surface area contributed by atoms with E-state index in [1.165, 1.54) is 6.92 Å². The van der Waals surface area contributed by atoms with Gasteiger partial charge in [-0.2, -0.15) is 0 Å². The van der Waals surface area contributed by atoms with Crippen LogP contribution in [-0.2, 0) is 11.4 Å². The van der Waals surface area contributed by atoms with Crippen molar-refractivity contribution >= 4 is 22.9 Å². The Morgan fingerprint density at radius 1 is 1.42 bits per heavy atom. The molecule has 1 amide bonds. The van der Waals surface area contributed by atoms with Gasteiger partial charge in [-0.3, -0.25) is 4.79 Å². The number of nitrogens with one attached hydrogen (secondary N) is 1. The average molecular weight is 276 g/mol. The van der Waals surface area contributed by atoms with Gasteiger partial charge in [0.2, 0.25) is 5.91 Å². The van der Waals surface area contributed by atoms with Crippen LogP contribution in [0.15, 0.2) is 23.6 Å². The van der Waals surface area contributed by atoms with Gasteiger partial charge in [-0.05, 0) is 37.6 Å². The summed E-state index contributed by atoms with van der Waals surface area (Å²) in [5.41, 5.74) is 2.80. The van der Waals surface area contributed by atoms with Crippen molar-refractivity contribution in [2.45, 2.75) is 27.4 Å². The summed E-state index contributed by atoms with van der Waals surface area (Å²) in [6.07, 6.45) is 0. The zero-order chi connectivity index (χ0) is 13.8. The van der Waals surface area contributed by atoms with Gasteiger partial charge in [-0.15, -0.1) is 11.3 Å². The molecular weight excluding hydrogens is 260 g/mol. The smallest absolute Gasteiger partial charge is 0.221 e. The van der Waals surface area contributed by atoms with E-state index in [0.29, 0.717) is 6.61 Å². The minimum atomic E-state index is -0.0740. The molecule has 0 bridgehead atoms. The van der Waals surface area contributed by atoms with E-state index in [1.807, 2.05) is 37.4 Å². The highest BCUT2D eigenvalue weighted by Gasteiger charge is 2.04. The Bertz CT molecular complexity index is 593. The molecule has 19 heavy (non-hydrogen) atoms. The van der Waals surface area contributed by atoms with Gasteiger partial charge < -0.3 is 10.1 Å². The van der Waals surface area contributed by atoms with Gasteiger partial charge in [0.15, 0.2) is 0 Å². The van der Waals surface area contributed by atoms with E-state index in [1.54, 1.807) is 11.3 Å². The van der Waals surface area contributed by atoms with Crippen LogP contribution in [0.25, 0.3) is 0 Å². The molecule has 2 rings (SSSR count). The summed E-state index contributed by atoms with van der Waals surface area (Å²) in [6, 6.07) is 5.60. The molecule has 100 valence electrons. The van der Waals surface area contributed by atoms with Gasteiger partial charge in [-0.1, -0.05) is 0 Å². The lowest BCUT2D eigenvalue weighted by Crippen LogP contribution is -2.07. The molecule has 0 saturated carbocycles. The number of rotatable bonds is 4. The molecule has 0 radical (unpaired) electrons. The first-order valence-electron chi connectivity index (χ1n) is 5.96. The van der Waals surface area contributed by atoms with E-state index < -0.39 is 0 Å². The van der Waals surface area contributed by atoms with Gasteiger partial charge in [-0.25, -0.2) is 4.98 Å². The third-order valence-electron chi connectivity index (χ3n) is 2.54. The second-order valence-corrected chi connectivity index (χ2v) is 5.27. The minimum Gasteiger partial charge on any atom is -0.486 e. The molecule has 2 aromatic rings. The number of aryl methyl sites for hydroxylation is 2. The fourth-order valence-corrected chi connectivity index (χ4v) is 2.35. The van der Waals surface area contributed by atoms with Crippen molar-refractivity contribution in [1.82, 2.24) is 4.98 Å². The second kappa shape index (κ2) is 5.84. The Labute approximate surface area is 116 Å². The maximum atomic E-state index is 11.0. The Morgan fingerprint density at radius 3 is 2.79 bits per heavy atom. The minimum absolute atomic E-state index is 0.0740. The third kappa shape index (κ3) is 3.79. The number of anilines is 1. The van der Waals surface area contributed by atoms with E-state index in [9.17, 15) is 4.79 Å². The maximum absolute atomic E-state index is 11.0. The largest absolute Gasteiger partial charge is 0.486 e. The quantitative estimate of drug-likeness (QED) is 0.932. The fraction of sp³-hybridized carbons (Fsp3) is 0.286. The highest BCUT2D eigenvalue weighted by Crippen LogP contribution is 2.22. The maximum Gasteiger partial charge on any atom is 0.221 e. The van der Waals surface area contributed by atoms with Crippen molar-refractivity contribution in [3.05, 3.63) is 39.8 Å².